The Bertz CT molecular complexity index is 1030. The Morgan fingerprint density at radius 3 is 2.69 bits per heavy atom. The van der Waals surface area contributed by atoms with Crippen LogP contribution >= 0.6 is 0 Å². The van der Waals surface area contributed by atoms with E-state index in [4.69, 9.17) is 0 Å². The van der Waals surface area contributed by atoms with Gasteiger partial charge in [0, 0.05) is 44.7 Å². The lowest BCUT2D eigenvalue weighted by Crippen LogP contribution is -2.34. The summed E-state index contributed by atoms with van der Waals surface area (Å²) in [7, 11) is -3.70. The van der Waals surface area contributed by atoms with E-state index in [0.29, 0.717) is 18.8 Å². The zero-order chi connectivity index (χ0) is 20.6. The average molecular weight is 415 g/mol. The average Bonchev–Trinajstić information content (AvgIpc) is 3.31. The van der Waals surface area contributed by atoms with Crippen molar-refractivity contribution in [2.24, 2.45) is 5.41 Å². The molecule has 2 aliphatic heterocycles. The normalized spacial score (nSPS) is 22.3. The molecule has 0 radical (unpaired) electrons. The quantitative estimate of drug-likeness (QED) is 0.832. The fourth-order valence-corrected chi connectivity index (χ4v) is 6.19. The molecule has 1 aromatic carbocycles. The number of carbonyl (C=O) groups is 1. The molecule has 7 nitrogen and oxygen atoms in total. The lowest BCUT2D eigenvalue weighted by atomic mass is 9.86. The summed E-state index contributed by atoms with van der Waals surface area (Å²) in [4.78, 5) is 18.2. The predicted molar refractivity (Wildman–Crippen MR) is 112 cm³/mol. The van der Waals surface area contributed by atoms with Crippen LogP contribution in [0.5, 0.6) is 0 Å². The number of hydrogen-bond acceptors (Lipinski definition) is 5. The smallest absolute Gasteiger partial charge is 0.245 e. The number of anilines is 2. The number of rotatable bonds is 4. The molecule has 1 aromatic heterocycles. The Hall–Kier alpha value is -2.45. The summed E-state index contributed by atoms with van der Waals surface area (Å²) in [5.74, 6) is -0.286. The van der Waals surface area contributed by atoms with E-state index in [1.54, 1.807) is 28.7 Å². The zero-order valence-corrected chi connectivity index (χ0v) is 17.6. The van der Waals surface area contributed by atoms with Gasteiger partial charge in [0.15, 0.2) is 0 Å². The van der Waals surface area contributed by atoms with Crippen molar-refractivity contribution in [3.05, 3.63) is 48.3 Å². The minimum Gasteiger partial charge on any atom is -0.370 e. The molecule has 1 unspecified atom stereocenters. The number of carbonyl (C=O) groups excluding carboxylic acids is 1. The van der Waals surface area contributed by atoms with Gasteiger partial charge in [-0.3, -0.25) is 9.78 Å². The minimum atomic E-state index is -3.70. The summed E-state index contributed by atoms with van der Waals surface area (Å²) >= 11 is 0. The molecule has 0 saturated carbocycles. The molecule has 2 aromatic rings. The summed E-state index contributed by atoms with van der Waals surface area (Å²) in [5.41, 5.74) is 2.22. The first-order valence-electron chi connectivity index (χ1n) is 9.83. The lowest BCUT2D eigenvalue weighted by Gasteiger charge is -2.25. The highest BCUT2D eigenvalue weighted by Crippen LogP contribution is 2.43. The van der Waals surface area contributed by atoms with Gasteiger partial charge in [0.1, 0.15) is 4.90 Å². The number of amides is 1. The van der Waals surface area contributed by atoms with Crippen LogP contribution in [-0.4, -0.2) is 49.8 Å². The summed E-state index contributed by atoms with van der Waals surface area (Å²) in [6, 6.07) is 9.07. The third-order valence-electron chi connectivity index (χ3n) is 5.92. The van der Waals surface area contributed by atoms with Crippen LogP contribution in [0.4, 0.5) is 11.4 Å². The molecule has 1 N–H and O–H groups in total. The molecule has 2 fully saturated rings. The van der Waals surface area contributed by atoms with Crippen molar-refractivity contribution >= 4 is 27.3 Å². The number of sulfonamides is 1. The fourth-order valence-electron chi connectivity index (χ4n) is 4.40. The maximum Gasteiger partial charge on any atom is 0.245 e. The molecule has 0 aliphatic carbocycles. The van der Waals surface area contributed by atoms with Crippen molar-refractivity contribution < 1.29 is 13.2 Å². The van der Waals surface area contributed by atoms with Crippen LogP contribution < -0.4 is 10.2 Å². The topological polar surface area (TPSA) is 82.6 Å². The van der Waals surface area contributed by atoms with Crippen LogP contribution in [0.1, 0.15) is 25.3 Å². The monoisotopic (exact) mass is 414 g/mol. The molecule has 1 spiro atoms. The minimum absolute atomic E-state index is 0.0408. The van der Waals surface area contributed by atoms with Crippen molar-refractivity contribution in [1.82, 2.24) is 9.29 Å². The van der Waals surface area contributed by atoms with Crippen molar-refractivity contribution in [3.8, 4) is 0 Å². The second kappa shape index (κ2) is 7.42. The van der Waals surface area contributed by atoms with Crippen LogP contribution in [0, 0.1) is 12.3 Å². The van der Waals surface area contributed by atoms with Gasteiger partial charge in [-0.15, -0.1) is 0 Å². The van der Waals surface area contributed by atoms with Gasteiger partial charge in [0.2, 0.25) is 15.9 Å². The third kappa shape index (κ3) is 3.86. The Morgan fingerprint density at radius 1 is 1.17 bits per heavy atom. The molecule has 154 valence electrons. The van der Waals surface area contributed by atoms with E-state index >= 15 is 0 Å². The fraction of sp³-hybridized carbons (Fsp3) is 0.429. The summed E-state index contributed by atoms with van der Waals surface area (Å²) in [6.45, 7) is 5.96. The molecule has 8 heteroatoms. The second-order valence-corrected chi connectivity index (χ2v) is 10.1. The van der Waals surface area contributed by atoms with Gasteiger partial charge in [-0.05, 0) is 49.6 Å². The highest BCUT2D eigenvalue weighted by atomic mass is 32.2. The second-order valence-electron chi connectivity index (χ2n) is 8.15. The standard InChI is InChI=1S/C21H26N4O3S/c1-16-5-6-19(23-17(2)26)20(12-16)29(27,28)25-11-8-21(15-25)7-10-24(14-21)18-4-3-9-22-13-18/h3-6,9,12-13H,7-8,10-11,14-15H2,1-2H3,(H,23,26). The molecule has 2 saturated heterocycles. The Balaban J connectivity index is 1.56. The van der Waals surface area contributed by atoms with E-state index in [1.165, 1.54) is 6.92 Å². The molecule has 1 atom stereocenters. The largest absolute Gasteiger partial charge is 0.370 e. The number of pyridine rings is 1. The van der Waals surface area contributed by atoms with Crippen molar-refractivity contribution in [2.45, 2.75) is 31.6 Å². The number of benzene rings is 1. The molecule has 1 amide bonds. The van der Waals surface area contributed by atoms with Gasteiger partial charge in [0.25, 0.3) is 0 Å². The van der Waals surface area contributed by atoms with Crippen molar-refractivity contribution in [1.29, 1.82) is 0 Å². The maximum absolute atomic E-state index is 13.4. The Kier molecular flexibility index (Phi) is 5.08. The van der Waals surface area contributed by atoms with E-state index in [-0.39, 0.29) is 16.2 Å². The summed E-state index contributed by atoms with van der Waals surface area (Å²) < 4.78 is 28.4. The number of nitrogens with one attached hydrogen (secondary N) is 1. The Morgan fingerprint density at radius 2 is 1.97 bits per heavy atom. The van der Waals surface area contributed by atoms with Crippen LogP contribution in [0.15, 0.2) is 47.6 Å². The van der Waals surface area contributed by atoms with E-state index < -0.39 is 10.0 Å². The molecular formula is C21H26N4O3S. The van der Waals surface area contributed by atoms with E-state index in [1.807, 2.05) is 25.3 Å². The maximum atomic E-state index is 13.4. The van der Waals surface area contributed by atoms with Gasteiger partial charge < -0.3 is 10.2 Å². The first kappa shape index (κ1) is 19.8. The predicted octanol–water partition coefficient (Wildman–Crippen LogP) is 2.64. The number of aromatic nitrogens is 1. The number of hydrogen-bond donors (Lipinski definition) is 1. The Labute approximate surface area is 171 Å². The number of nitrogens with zero attached hydrogens (tertiary/aromatic N) is 3. The highest BCUT2D eigenvalue weighted by Gasteiger charge is 2.47. The van der Waals surface area contributed by atoms with Crippen LogP contribution in [0.25, 0.3) is 0 Å². The summed E-state index contributed by atoms with van der Waals surface area (Å²) in [6.07, 6.45) is 5.41. The molecular weight excluding hydrogens is 388 g/mol. The zero-order valence-electron chi connectivity index (χ0n) is 16.8. The van der Waals surface area contributed by atoms with Gasteiger partial charge in [-0.2, -0.15) is 4.31 Å². The van der Waals surface area contributed by atoms with Crippen molar-refractivity contribution in [3.63, 3.8) is 0 Å². The first-order valence-corrected chi connectivity index (χ1v) is 11.3. The van der Waals surface area contributed by atoms with Gasteiger partial charge in [0.05, 0.1) is 17.6 Å². The van der Waals surface area contributed by atoms with Gasteiger partial charge in [-0.1, -0.05) is 6.07 Å². The number of aryl methyl sites for hydroxylation is 1. The van der Waals surface area contributed by atoms with Gasteiger partial charge in [-0.25, -0.2) is 8.42 Å². The van der Waals surface area contributed by atoms with E-state index in [0.717, 1.165) is 37.2 Å². The molecule has 29 heavy (non-hydrogen) atoms. The van der Waals surface area contributed by atoms with E-state index in [9.17, 15) is 13.2 Å². The van der Waals surface area contributed by atoms with Gasteiger partial charge >= 0.3 is 0 Å². The molecule has 3 heterocycles. The van der Waals surface area contributed by atoms with Crippen LogP contribution in [0.2, 0.25) is 0 Å². The third-order valence-corrected chi connectivity index (χ3v) is 7.80. The molecule has 2 aliphatic rings. The molecule has 4 rings (SSSR count). The molecule has 0 bridgehead atoms. The van der Waals surface area contributed by atoms with E-state index in [2.05, 4.69) is 15.2 Å². The SMILES string of the molecule is CC(=O)Nc1ccc(C)cc1S(=O)(=O)N1CCC2(CCN(c3cccnc3)C2)C1. The van der Waals surface area contributed by atoms with Crippen LogP contribution in [-0.2, 0) is 14.8 Å². The lowest BCUT2D eigenvalue weighted by molar-refractivity contribution is -0.114. The van der Waals surface area contributed by atoms with Crippen LogP contribution in [0.3, 0.4) is 0 Å². The summed E-state index contributed by atoms with van der Waals surface area (Å²) in [5, 5.41) is 2.66. The van der Waals surface area contributed by atoms with Crippen molar-refractivity contribution in [2.75, 3.05) is 36.4 Å². The first-order chi connectivity index (χ1) is 13.8. The highest BCUT2D eigenvalue weighted by molar-refractivity contribution is 7.89.